The summed E-state index contributed by atoms with van der Waals surface area (Å²) in [6, 6.07) is -1.23. The molecule has 0 aromatic carbocycles. The molecule has 2 amide bonds. The number of rotatable bonds is 9. The number of amides is 2. The number of carbonyl (C=O) groups is 2. The highest BCUT2D eigenvalue weighted by Gasteiger charge is 2.18. The van der Waals surface area contributed by atoms with Gasteiger partial charge in [-0.25, -0.2) is 9.59 Å². The number of nitrogens with one attached hydrogen (secondary N) is 2. The standard InChI is InChI=1S/C11H23N3O3S/c1-14(2)7-4-6-12-11(17)13-9(10(15)16)5-8-18-3/h9H,4-8H2,1-3H3,(H,15,16)(H2,12,13,17). The van der Waals surface area contributed by atoms with Crippen LogP contribution in [0.5, 0.6) is 0 Å². The minimum atomic E-state index is -0.993. The first-order chi connectivity index (χ1) is 8.47. The summed E-state index contributed by atoms with van der Waals surface area (Å²) in [5.41, 5.74) is 0. The zero-order valence-electron chi connectivity index (χ0n) is 11.2. The van der Waals surface area contributed by atoms with E-state index in [1.807, 2.05) is 25.3 Å². The van der Waals surface area contributed by atoms with Crippen molar-refractivity contribution >= 4 is 23.8 Å². The minimum absolute atomic E-state index is 0.415. The Morgan fingerprint density at radius 2 is 2.06 bits per heavy atom. The van der Waals surface area contributed by atoms with Crippen LogP contribution in [-0.2, 0) is 4.79 Å². The van der Waals surface area contributed by atoms with Crippen LogP contribution in [0.2, 0.25) is 0 Å². The van der Waals surface area contributed by atoms with E-state index in [1.54, 1.807) is 11.8 Å². The summed E-state index contributed by atoms with van der Waals surface area (Å²) in [5, 5.41) is 14.1. The van der Waals surface area contributed by atoms with Gasteiger partial charge in [-0.3, -0.25) is 0 Å². The first kappa shape index (κ1) is 17.1. The third kappa shape index (κ3) is 9.12. The Morgan fingerprint density at radius 3 is 2.56 bits per heavy atom. The Morgan fingerprint density at radius 1 is 1.39 bits per heavy atom. The van der Waals surface area contributed by atoms with Gasteiger partial charge in [0.05, 0.1) is 0 Å². The predicted octanol–water partition coefficient (Wildman–Crippen LogP) is 0.444. The molecular formula is C11H23N3O3S. The van der Waals surface area contributed by atoms with E-state index in [9.17, 15) is 9.59 Å². The van der Waals surface area contributed by atoms with E-state index in [1.165, 1.54) is 0 Å². The summed E-state index contributed by atoms with van der Waals surface area (Å²) in [5.74, 6) is -0.287. The highest BCUT2D eigenvalue weighted by Crippen LogP contribution is 2.00. The van der Waals surface area contributed by atoms with Gasteiger partial charge in [-0.1, -0.05) is 0 Å². The normalized spacial score (nSPS) is 12.2. The molecule has 0 aliphatic rings. The molecule has 6 nitrogen and oxygen atoms in total. The van der Waals surface area contributed by atoms with Gasteiger partial charge < -0.3 is 20.6 Å². The van der Waals surface area contributed by atoms with E-state index in [-0.39, 0.29) is 0 Å². The lowest BCUT2D eigenvalue weighted by molar-refractivity contribution is -0.139. The van der Waals surface area contributed by atoms with E-state index in [0.29, 0.717) is 18.7 Å². The molecule has 7 heteroatoms. The first-order valence-electron chi connectivity index (χ1n) is 5.88. The van der Waals surface area contributed by atoms with E-state index in [0.717, 1.165) is 13.0 Å². The van der Waals surface area contributed by atoms with Crippen LogP contribution in [0.15, 0.2) is 0 Å². The molecule has 0 aliphatic carbocycles. The lowest BCUT2D eigenvalue weighted by Crippen LogP contribution is -2.46. The zero-order chi connectivity index (χ0) is 14.0. The van der Waals surface area contributed by atoms with Gasteiger partial charge in [-0.2, -0.15) is 11.8 Å². The molecule has 1 atom stereocenters. The second kappa shape index (κ2) is 10.0. The number of hydrogen-bond acceptors (Lipinski definition) is 4. The van der Waals surface area contributed by atoms with E-state index >= 15 is 0 Å². The van der Waals surface area contributed by atoms with Crippen LogP contribution in [-0.4, -0.2) is 67.2 Å². The Bertz CT molecular complexity index is 262. The molecule has 0 aromatic heterocycles. The third-order valence-corrected chi connectivity index (χ3v) is 2.93. The van der Waals surface area contributed by atoms with Crippen molar-refractivity contribution in [3.63, 3.8) is 0 Å². The van der Waals surface area contributed by atoms with Crippen molar-refractivity contribution in [1.82, 2.24) is 15.5 Å². The van der Waals surface area contributed by atoms with Crippen LogP contribution in [0.25, 0.3) is 0 Å². The highest BCUT2D eigenvalue weighted by atomic mass is 32.2. The van der Waals surface area contributed by atoms with Gasteiger partial charge in [0, 0.05) is 6.54 Å². The van der Waals surface area contributed by atoms with Gasteiger partial charge in [0.1, 0.15) is 6.04 Å². The van der Waals surface area contributed by atoms with Gasteiger partial charge >= 0.3 is 12.0 Å². The van der Waals surface area contributed by atoms with Crippen molar-refractivity contribution in [2.45, 2.75) is 18.9 Å². The Kier molecular flexibility index (Phi) is 9.49. The molecular weight excluding hydrogens is 254 g/mol. The van der Waals surface area contributed by atoms with E-state index < -0.39 is 18.0 Å². The van der Waals surface area contributed by atoms with Crippen molar-refractivity contribution in [3.05, 3.63) is 0 Å². The minimum Gasteiger partial charge on any atom is -0.480 e. The molecule has 0 fully saturated rings. The Hall–Kier alpha value is -0.950. The monoisotopic (exact) mass is 277 g/mol. The fourth-order valence-corrected chi connectivity index (χ4v) is 1.77. The summed E-state index contributed by atoms with van der Waals surface area (Å²) >= 11 is 1.56. The molecule has 0 radical (unpaired) electrons. The molecule has 0 heterocycles. The SMILES string of the molecule is CSCCC(NC(=O)NCCCN(C)C)C(=O)O. The van der Waals surface area contributed by atoms with E-state index in [4.69, 9.17) is 5.11 Å². The summed E-state index contributed by atoms with van der Waals surface area (Å²) in [4.78, 5) is 24.4. The van der Waals surface area contributed by atoms with Crippen LogP contribution >= 0.6 is 11.8 Å². The summed E-state index contributed by atoms with van der Waals surface area (Å²) in [7, 11) is 3.92. The van der Waals surface area contributed by atoms with Gasteiger partial charge in [0.2, 0.25) is 0 Å². The topological polar surface area (TPSA) is 81.7 Å². The number of carboxylic acids is 1. The van der Waals surface area contributed by atoms with Crippen molar-refractivity contribution in [2.24, 2.45) is 0 Å². The number of urea groups is 1. The summed E-state index contributed by atoms with van der Waals surface area (Å²) < 4.78 is 0. The van der Waals surface area contributed by atoms with E-state index in [2.05, 4.69) is 10.6 Å². The number of aliphatic carboxylic acids is 1. The maximum Gasteiger partial charge on any atom is 0.326 e. The van der Waals surface area contributed by atoms with Crippen LogP contribution in [0.4, 0.5) is 4.79 Å². The average molecular weight is 277 g/mol. The molecule has 0 aromatic rings. The smallest absolute Gasteiger partial charge is 0.326 e. The van der Waals surface area contributed by atoms with Gasteiger partial charge in [-0.05, 0) is 45.5 Å². The van der Waals surface area contributed by atoms with Gasteiger partial charge in [0.25, 0.3) is 0 Å². The molecule has 0 saturated heterocycles. The fraction of sp³-hybridized carbons (Fsp3) is 0.818. The number of carbonyl (C=O) groups excluding carboxylic acids is 1. The third-order valence-electron chi connectivity index (χ3n) is 2.28. The molecule has 106 valence electrons. The summed E-state index contributed by atoms with van der Waals surface area (Å²) in [6.07, 6.45) is 3.17. The van der Waals surface area contributed by atoms with Crippen LogP contribution < -0.4 is 10.6 Å². The molecule has 3 N–H and O–H groups in total. The Balaban J connectivity index is 3.84. The highest BCUT2D eigenvalue weighted by molar-refractivity contribution is 7.98. The zero-order valence-corrected chi connectivity index (χ0v) is 12.0. The molecule has 0 bridgehead atoms. The molecule has 18 heavy (non-hydrogen) atoms. The first-order valence-corrected chi connectivity index (χ1v) is 7.27. The quantitative estimate of drug-likeness (QED) is 0.533. The number of carboxylic acid groups (broad SMARTS) is 1. The number of thioether (sulfide) groups is 1. The largest absolute Gasteiger partial charge is 0.480 e. The van der Waals surface area contributed by atoms with Crippen molar-refractivity contribution in [3.8, 4) is 0 Å². The van der Waals surface area contributed by atoms with Crippen molar-refractivity contribution in [1.29, 1.82) is 0 Å². The maximum absolute atomic E-state index is 11.5. The predicted molar refractivity (Wildman–Crippen MR) is 74.1 cm³/mol. The van der Waals surface area contributed by atoms with Crippen molar-refractivity contribution < 1.29 is 14.7 Å². The second-order valence-corrected chi connectivity index (χ2v) is 5.21. The van der Waals surface area contributed by atoms with Crippen LogP contribution in [0, 0.1) is 0 Å². The number of hydrogen-bond donors (Lipinski definition) is 3. The maximum atomic E-state index is 11.5. The lowest BCUT2D eigenvalue weighted by atomic mass is 10.2. The van der Waals surface area contributed by atoms with Crippen molar-refractivity contribution in [2.75, 3.05) is 39.2 Å². The van der Waals surface area contributed by atoms with Crippen LogP contribution in [0.1, 0.15) is 12.8 Å². The average Bonchev–Trinajstić information content (AvgIpc) is 2.29. The number of nitrogens with zero attached hydrogens (tertiary/aromatic N) is 1. The Labute approximate surface area is 112 Å². The fourth-order valence-electron chi connectivity index (χ4n) is 1.30. The van der Waals surface area contributed by atoms with Gasteiger partial charge in [0.15, 0.2) is 0 Å². The molecule has 0 saturated carbocycles. The molecule has 0 rings (SSSR count). The molecule has 0 spiro atoms. The summed E-state index contributed by atoms with van der Waals surface area (Å²) in [6.45, 7) is 1.42. The lowest BCUT2D eigenvalue weighted by Gasteiger charge is -2.15. The second-order valence-electron chi connectivity index (χ2n) is 4.23. The van der Waals surface area contributed by atoms with Gasteiger partial charge in [-0.15, -0.1) is 0 Å². The van der Waals surface area contributed by atoms with Crippen LogP contribution in [0.3, 0.4) is 0 Å². The molecule has 0 aliphatic heterocycles. The molecule has 1 unspecified atom stereocenters.